The zero-order valence-electron chi connectivity index (χ0n) is 20.5. The second kappa shape index (κ2) is 14.1. The number of amides is 2. The second-order valence-corrected chi connectivity index (χ2v) is 12.2. The van der Waals surface area contributed by atoms with Gasteiger partial charge in [0.1, 0.15) is 12.6 Å². The monoisotopic (exact) mass is 629 g/mol. The highest BCUT2D eigenvalue weighted by Gasteiger charge is 2.33. The normalized spacial score (nSPS) is 12.2. The first kappa shape index (κ1) is 31.8. The van der Waals surface area contributed by atoms with Crippen molar-refractivity contribution in [2.24, 2.45) is 0 Å². The molecule has 0 spiro atoms. The van der Waals surface area contributed by atoms with E-state index >= 15 is 0 Å². The molecule has 0 saturated carbocycles. The van der Waals surface area contributed by atoms with Gasteiger partial charge in [0.15, 0.2) is 0 Å². The Bertz CT molecular complexity index is 1220. The van der Waals surface area contributed by atoms with Gasteiger partial charge in [-0.25, -0.2) is 8.42 Å². The van der Waals surface area contributed by atoms with Crippen LogP contribution < -0.4 is 9.62 Å². The molecule has 0 aliphatic rings. The second-order valence-electron chi connectivity index (χ2n) is 8.28. The molecule has 0 aromatic heterocycles. The molecule has 0 fully saturated rings. The summed E-state index contributed by atoms with van der Waals surface area (Å²) in [5.41, 5.74) is 0.403. The summed E-state index contributed by atoms with van der Waals surface area (Å²) in [7, 11) is -4.01. The molecule has 0 radical (unpaired) electrons. The summed E-state index contributed by atoms with van der Waals surface area (Å²) in [4.78, 5) is 28.1. The largest absolute Gasteiger partial charge is 0.354 e. The maximum atomic E-state index is 13.8. The molecule has 37 heavy (non-hydrogen) atoms. The third-order valence-corrected chi connectivity index (χ3v) is 8.40. The Morgan fingerprint density at radius 3 is 2.08 bits per heavy atom. The molecule has 1 N–H and O–H groups in total. The lowest BCUT2D eigenvalue weighted by atomic mass is 10.1. The van der Waals surface area contributed by atoms with Crippen LogP contribution in [0.15, 0.2) is 30.3 Å². The van der Waals surface area contributed by atoms with Crippen LogP contribution in [0.25, 0.3) is 0 Å². The number of benzene rings is 2. The highest BCUT2D eigenvalue weighted by Crippen LogP contribution is 2.36. The minimum Gasteiger partial charge on any atom is -0.354 e. The SMILES string of the molecule is CCCCNC(=O)[C@@H](CC)N(Cc1c(Cl)cccc1Cl)C(=O)CN(c1cc(Cl)c(Cl)cc1Cl)S(C)(=O)=O. The number of nitrogens with zero attached hydrogens (tertiary/aromatic N) is 2. The minimum atomic E-state index is -4.01. The van der Waals surface area contributed by atoms with Crippen molar-refractivity contribution in [2.45, 2.75) is 45.7 Å². The summed E-state index contributed by atoms with van der Waals surface area (Å²) < 4.78 is 26.3. The number of sulfonamides is 1. The Balaban J connectivity index is 2.53. The fraction of sp³-hybridized carbons (Fsp3) is 0.417. The maximum Gasteiger partial charge on any atom is 0.244 e. The van der Waals surface area contributed by atoms with E-state index in [2.05, 4.69) is 5.32 Å². The van der Waals surface area contributed by atoms with Crippen molar-refractivity contribution in [1.29, 1.82) is 0 Å². The van der Waals surface area contributed by atoms with Gasteiger partial charge in [-0.2, -0.15) is 0 Å². The van der Waals surface area contributed by atoms with Gasteiger partial charge in [0.2, 0.25) is 21.8 Å². The van der Waals surface area contributed by atoms with Gasteiger partial charge in [0.25, 0.3) is 0 Å². The summed E-state index contributed by atoms with van der Waals surface area (Å²) >= 11 is 31.1. The lowest BCUT2D eigenvalue weighted by Crippen LogP contribution is -2.52. The average Bonchev–Trinajstić information content (AvgIpc) is 2.81. The van der Waals surface area contributed by atoms with Gasteiger partial charge in [0.05, 0.1) is 27.0 Å². The Morgan fingerprint density at radius 2 is 1.54 bits per heavy atom. The number of rotatable bonds is 12. The fourth-order valence-corrected chi connectivity index (χ4v) is 5.64. The number of unbranched alkanes of at least 4 members (excludes halogenated alkanes) is 1. The fourth-order valence-electron chi connectivity index (χ4n) is 3.58. The minimum absolute atomic E-state index is 0.0160. The predicted octanol–water partition coefficient (Wildman–Crippen LogP) is 6.44. The molecule has 0 aliphatic carbocycles. The lowest BCUT2D eigenvalue weighted by Gasteiger charge is -2.33. The summed E-state index contributed by atoms with van der Waals surface area (Å²) in [5, 5.41) is 3.62. The third-order valence-electron chi connectivity index (χ3n) is 5.54. The van der Waals surface area contributed by atoms with Gasteiger partial charge in [-0.1, -0.05) is 84.3 Å². The van der Waals surface area contributed by atoms with E-state index in [9.17, 15) is 18.0 Å². The molecule has 204 valence electrons. The standard InChI is InChI=1S/C24H28Cl5N3O4S/c1-4-6-10-30-24(34)21(5-2)31(13-15-16(25)8-7-9-17(15)26)23(33)14-32(37(3,35)36)22-12-19(28)18(27)11-20(22)29/h7-9,11-12,21H,4-6,10,13-14H2,1-3H3,(H,30,34)/t21-/m1/s1. The van der Waals surface area contributed by atoms with Crippen molar-refractivity contribution in [3.63, 3.8) is 0 Å². The summed E-state index contributed by atoms with van der Waals surface area (Å²) in [6, 6.07) is 6.54. The summed E-state index contributed by atoms with van der Waals surface area (Å²) in [5.74, 6) is -1.04. The van der Waals surface area contributed by atoms with Crippen LogP contribution in [0.4, 0.5) is 5.69 Å². The molecule has 1 atom stereocenters. The highest BCUT2D eigenvalue weighted by molar-refractivity contribution is 7.92. The number of nitrogens with one attached hydrogen (secondary N) is 1. The topological polar surface area (TPSA) is 86.8 Å². The molecule has 0 heterocycles. The van der Waals surface area contributed by atoms with Gasteiger partial charge in [-0.3, -0.25) is 13.9 Å². The maximum absolute atomic E-state index is 13.8. The number of halogens is 5. The van der Waals surface area contributed by atoms with E-state index in [4.69, 9.17) is 58.0 Å². The van der Waals surface area contributed by atoms with Crippen molar-refractivity contribution >= 4 is 85.5 Å². The van der Waals surface area contributed by atoms with Crippen LogP contribution in [0.5, 0.6) is 0 Å². The Kier molecular flexibility index (Phi) is 12.1. The van der Waals surface area contributed by atoms with Crippen LogP contribution >= 0.6 is 58.0 Å². The molecule has 0 bridgehead atoms. The molecular formula is C24H28Cl5N3O4S. The molecule has 0 aliphatic heterocycles. The summed E-state index contributed by atoms with van der Waals surface area (Å²) in [6.07, 6.45) is 2.84. The third kappa shape index (κ3) is 8.53. The van der Waals surface area contributed by atoms with E-state index in [0.29, 0.717) is 22.2 Å². The van der Waals surface area contributed by atoms with Crippen LogP contribution in [-0.4, -0.2) is 50.5 Å². The zero-order valence-corrected chi connectivity index (χ0v) is 25.1. The number of carbonyl (C=O) groups excluding carboxylic acids is 2. The quantitative estimate of drug-likeness (QED) is 0.216. The van der Waals surface area contributed by atoms with Gasteiger partial charge < -0.3 is 10.2 Å². The first-order chi connectivity index (χ1) is 17.3. The van der Waals surface area contributed by atoms with Crippen molar-refractivity contribution in [1.82, 2.24) is 10.2 Å². The van der Waals surface area contributed by atoms with E-state index < -0.39 is 28.5 Å². The van der Waals surface area contributed by atoms with Crippen molar-refractivity contribution in [2.75, 3.05) is 23.7 Å². The van der Waals surface area contributed by atoms with E-state index in [1.807, 2.05) is 6.92 Å². The molecule has 13 heteroatoms. The van der Waals surface area contributed by atoms with Crippen LogP contribution in [-0.2, 0) is 26.2 Å². The Labute approximate surface area is 243 Å². The molecule has 2 aromatic carbocycles. The zero-order chi connectivity index (χ0) is 27.9. The van der Waals surface area contributed by atoms with E-state index in [1.165, 1.54) is 17.0 Å². The van der Waals surface area contributed by atoms with Gasteiger partial charge >= 0.3 is 0 Å². The Morgan fingerprint density at radius 1 is 0.946 bits per heavy atom. The van der Waals surface area contributed by atoms with Crippen molar-refractivity contribution in [3.8, 4) is 0 Å². The average molecular weight is 632 g/mol. The Hall–Kier alpha value is -1.42. The van der Waals surface area contributed by atoms with E-state index in [1.54, 1.807) is 25.1 Å². The molecule has 0 saturated heterocycles. The lowest BCUT2D eigenvalue weighted by molar-refractivity contribution is -0.140. The molecule has 7 nitrogen and oxygen atoms in total. The summed E-state index contributed by atoms with van der Waals surface area (Å²) in [6.45, 7) is 3.41. The number of hydrogen-bond acceptors (Lipinski definition) is 4. The first-order valence-corrected chi connectivity index (χ1v) is 15.2. The highest BCUT2D eigenvalue weighted by atomic mass is 35.5. The van der Waals surface area contributed by atoms with Crippen LogP contribution in [0, 0.1) is 0 Å². The van der Waals surface area contributed by atoms with Gasteiger partial charge in [-0.15, -0.1) is 0 Å². The van der Waals surface area contributed by atoms with E-state index in [0.717, 1.165) is 23.4 Å². The van der Waals surface area contributed by atoms with Crippen molar-refractivity contribution < 1.29 is 18.0 Å². The van der Waals surface area contributed by atoms with Crippen LogP contribution in [0.3, 0.4) is 0 Å². The molecule has 2 amide bonds. The predicted molar refractivity (Wildman–Crippen MR) is 153 cm³/mol. The van der Waals surface area contributed by atoms with Crippen LogP contribution in [0.1, 0.15) is 38.7 Å². The first-order valence-electron chi connectivity index (χ1n) is 11.4. The molecule has 0 unspecified atom stereocenters. The number of hydrogen-bond donors (Lipinski definition) is 1. The molecular weight excluding hydrogens is 604 g/mol. The number of anilines is 1. The molecule has 2 aromatic rings. The van der Waals surface area contributed by atoms with E-state index in [-0.39, 0.29) is 39.6 Å². The van der Waals surface area contributed by atoms with Crippen LogP contribution in [0.2, 0.25) is 25.1 Å². The van der Waals surface area contributed by atoms with Crippen molar-refractivity contribution in [3.05, 3.63) is 61.0 Å². The van der Waals surface area contributed by atoms with Gasteiger partial charge in [-0.05, 0) is 37.1 Å². The smallest absolute Gasteiger partial charge is 0.244 e. The molecule has 2 rings (SSSR count). The van der Waals surface area contributed by atoms with Gasteiger partial charge in [0, 0.05) is 28.7 Å². The number of carbonyl (C=O) groups is 2.